The minimum atomic E-state index is -0.225. The van der Waals surface area contributed by atoms with Gasteiger partial charge in [0, 0.05) is 29.2 Å². The molecular weight excluding hydrogens is 253 g/mol. The molecule has 0 radical (unpaired) electrons. The normalized spacial score (nSPS) is 27.7. The standard InChI is InChI=1S/C14H19ClFNO/c1-10-14(9-17-2,6-7-18-10)8-11-12(15)4-3-5-13(11)16/h3-5,10,17H,6-9H2,1-2H3. The van der Waals surface area contributed by atoms with Crippen LogP contribution in [0.4, 0.5) is 4.39 Å². The van der Waals surface area contributed by atoms with Crippen LogP contribution in [-0.4, -0.2) is 26.3 Å². The van der Waals surface area contributed by atoms with Gasteiger partial charge in [0.15, 0.2) is 0 Å². The summed E-state index contributed by atoms with van der Waals surface area (Å²) in [6, 6.07) is 4.85. The van der Waals surface area contributed by atoms with Crippen LogP contribution in [0.15, 0.2) is 18.2 Å². The van der Waals surface area contributed by atoms with Crippen LogP contribution in [0.1, 0.15) is 18.9 Å². The Balaban J connectivity index is 2.29. The molecule has 1 aliphatic rings. The number of ether oxygens (including phenoxy) is 1. The Morgan fingerprint density at radius 1 is 1.56 bits per heavy atom. The third kappa shape index (κ3) is 2.53. The first-order chi connectivity index (χ1) is 8.59. The first-order valence-electron chi connectivity index (χ1n) is 6.28. The van der Waals surface area contributed by atoms with E-state index in [1.165, 1.54) is 6.07 Å². The molecule has 2 atom stereocenters. The lowest BCUT2D eigenvalue weighted by Crippen LogP contribution is -2.40. The summed E-state index contributed by atoms with van der Waals surface area (Å²) in [6.07, 6.45) is 1.65. The molecule has 1 aromatic carbocycles. The summed E-state index contributed by atoms with van der Waals surface area (Å²) < 4.78 is 19.6. The molecule has 0 aliphatic carbocycles. The zero-order chi connectivity index (χ0) is 13.2. The van der Waals surface area contributed by atoms with Crippen LogP contribution in [0.5, 0.6) is 0 Å². The van der Waals surface area contributed by atoms with Crippen molar-refractivity contribution in [3.8, 4) is 0 Å². The summed E-state index contributed by atoms with van der Waals surface area (Å²) in [5.74, 6) is -0.225. The Morgan fingerprint density at radius 3 is 2.89 bits per heavy atom. The Bertz CT molecular complexity index is 406. The number of halogens is 2. The lowest BCUT2D eigenvalue weighted by Gasteiger charge is -2.32. The second-order valence-corrected chi connectivity index (χ2v) is 5.44. The molecule has 18 heavy (non-hydrogen) atoms. The molecule has 0 saturated carbocycles. The first-order valence-corrected chi connectivity index (χ1v) is 6.66. The van der Waals surface area contributed by atoms with Crippen molar-refractivity contribution in [1.29, 1.82) is 0 Å². The summed E-state index contributed by atoms with van der Waals surface area (Å²) >= 11 is 6.12. The molecule has 1 aliphatic heterocycles. The van der Waals surface area contributed by atoms with Crippen LogP contribution in [0, 0.1) is 11.2 Å². The Kier molecular flexibility index (Phi) is 4.25. The van der Waals surface area contributed by atoms with Crippen molar-refractivity contribution < 1.29 is 9.13 Å². The van der Waals surface area contributed by atoms with Crippen molar-refractivity contribution in [1.82, 2.24) is 5.32 Å². The molecule has 0 amide bonds. The molecule has 2 nitrogen and oxygen atoms in total. The van der Waals surface area contributed by atoms with Crippen LogP contribution in [0.2, 0.25) is 5.02 Å². The summed E-state index contributed by atoms with van der Waals surface area (Å²) in [4.78, 5) is 0. The van der Waals surface area contributed by atoms with E-state index in [2.05, 4.69) is 12.2 Å². The molecule has 0 aromatic heterocycles. The molecule has 2 unspecified atom stereocenters. The van der Waals surface area contributed by atoms with E-state index in [4.69, 9.17) is 16.3 Å². The summed E-state index contributed by atoms with van der Waals surface area (Å²) in [6.45, 7) is 3.59. The van der Waals surface area contributed by atoms with E-state index in [-0.39, 0.29) is 17.3 Å². The van der Waals surface area contributed by atoms with E-state index in [0.29, 0.717) is 17.0 Å². The molecule has 1 N–H and O–H groups in total. The third-order valence-corrected chi connectivity index (χ3v) is 4.30. The topological polar surface area (TPSA) is 21.3 Å². The second kappa shape index (κ2) is 5.55. The highest BCUT2D eigenvalue weighted by molar-refractivity contribution is 6.31. The maximum Gasteiger partial charge on any atom is 0.127 e. The van der Waals surface area contributed by atoms with E-state index in [1.807, 2.05) is 7.05 Å². The van der Waals surface area contributed by atoms with Crippen molar-refractivity contribution in [3.05, 3.63) is 34.6 Å². The Hall–Kier alpha value is -0.640. The van der Waals surface area contributed by atoms with E-state index in [1.54, 1.807) is 12.1 Å². The van der Waals surface area contributed by atoms with E-state index in [9.17, 15) is 4.39 Å². The monoisotopic (exact) mass is 271 g/mol. The lowest BCUT2D eigenvalue weighted by atomic mass is 9.76. The zero-order valence-corrected chi connectivity index (χ0v) is 11.6. The molecule has 4 heteroatoms. The van der Waals surface area contributed by atoms with Gasteiger partial charge in [-0.25, -0.2) is 4.39 Å². The van der Waals surface area contributed by atoms with Gasteiger partial charge in [0.2, 0.25) is 0 Å². The third-order valence-electron chi connectivity index (χ3n) is 3.95. The number of hydrogen-bond acceptors (Lipinski definition) is 2. The van der Waals surface area contributed by atoms with Crippen LogP contribution in [-0.2, 0) is 11.2 Å². The largest absolute Gasteiger partial charge is 0.378 e. The van der Waals surface area contributed by atoms with Gasteiger partial charge in [-0.15, -0.1) is 0 Å². The molecule has 0 bridgehead atoms. The van der Waals surface area contributed by atoms with Crippen LogP contribution >= 0.6 is 11.6 Å². The lowest BCUT2D eigenvalue weighted by molar-refractivity contribution is 0.0636. The maximum absolute atomic E-state index is 13.9. The molecular formula is C14H19ClFNO. The van der Waals surface area contributed by atoms with Crippen molar-refractivity contribution in [2.45, 2.75) is 25.9 Å². The highest BCUT2D eigenvalue weighted by Gasteiger charge is 2.41. The molecule has 1 saturated heterocycles. The number of benzene rings is 1. The predicted molar refractivity (Wildman–Crippen MR) is 71.5 cm³/mol. The van der Waals surface area contributed by atoms with Crippen molar-refractivity contribution >= 4 is 11.6 Å². The highest BCUT2D eigenvalue weighted by atomic mass is 35.5. The molecule has 1 aromatic rings. The fraction of sp³-hybridized carbons (Fsp3) is 0.571. The Labute approximate surface area is 112 Å². The van der Waals surface area contributed by atoms with Crippen LogP contribution in [0.3, 0.4) is 0 Å². The number of rotatable bonds is 4. The van der Waals surface area contributed by atoms with Crippen molar-refractivity contribution in [3.63, 3.8) is 0 Å². The van der Waals surface area contributed by atoms with Gasteiger partial charge in [-0.05, 0) is 38.9 Å². The average Bonchev–Trinajstić information content (AvgIpc) is 2.67. The van der Waals surface area contributed by atoms with Gasteiger partial charge < -0.3 is 10.1 Å². The first kappa shape index (κ1) is 13.8. The zero-order valence-electron chi connectivity index (χ0n) is 10.8. The van der Waals surface area contributed by atoms with Crippen LogP contribution in [0.25, 0.3) is 0 Å². The van der Waals surface area contributed by atoms with Gasteiger partial charge in [0.05, 0.1) is 6.10 Å². The number of nitrogens with one attached hydrogen (secondary N) is 1. The molecule has 100 valence electrons. The molecule has 1 heterocycles. The van der Waals surface area contributed by atoms with Gasteiger partial charge in [-0.1, -0.05) is 17.7 Å². The van der Waals surface area contributed by atoms with E-state index >= 15 is 0 Å². The summed E-state index contributed by atoms with van der Waals surface area (Å²) in [5, 5.41) is 3.70. The highest BCUT2D eigenvalue weighted by Crippen LogP contribution is 2.39. The molecule has 0 spiro atoms. The van der Waals surface area contributed by atoms with Gasteiger partial charge >= 0.3 is 0 Å². The SMILES string of the molecule is CNCC1(Cc2c(F)cccc2Cl)CCOC1C. The van der Waals surface area contributed by atoms with Gasteiger partial charge in [-0.2, -0.15) is 0 Å². The van der Waals surface area contributed by atoms with Gasteiger partial charge in [0.25, 0.3) is 0 Å². The van der Waals surface area contributed by atoms with Gasteiger partial charge in [0.1, 0.15) is 5.82 Å². The van der Waals surface area contributed by atoms with E-state index in [0.717, 1.165) is 19.6 Å². The smallest absolute Gasteiger partial charge is 0.127 e. The predicted octanol–water partition coefficient (Wildman–Crippen LogP) is 3.04. The summed E-state index contributed by atoms with van der Waals surface area (Å²) in [7, 11) is 1.91. The second-order valence-electron chi connectivity index (χ2n) is 5.03. The molecule has 2 rings (SSSR count). The van der Waals surface area contributed by atoms with Crippen molar-refractivity contribution in [2.75, 3.05) is 20.2 Å². The summed E-state index contributed by atoms with van der Waals surface area (Å²) in [5.41, 5.74) is 0.535. The fourth-order valence-corrected chi connectivity index (χ4v) is 2.98. The van der Waals surface area contributed by atoms with Crippen molar-refractivity contribution in [2.24, 2.45) is 5.41 Å². The Morgan fingerprint density at radius 2 is 2.33 bits per heavy atom. The number of hydrogen-bond donors (Lipinski definition) is 1. The minimum absolute atomic E-state index is 0.0689. The average molecular weight is 272 g/mol. The minimum Gasteiger partial charge on any atom is -0.378 e. The van der Waals surface area contributed by atoms with Crippen LogP contribution < -0.4 is 5.32 Å². The maximum atomic E-state index is 13.9. The van der Waals surface area contributed by atoms with E-state index < -0.39 is 0 Å². The fourth-order valence-electron chi connectivity index (χ4n) is 2.75. The molecule has 1 fully saturated rings. The van der Waals surface area contributed by atoms with Gasteiger partial charge in [-0.3, -0.25) is 0 Å². The quantitative estimate of drug-likeness (QED) is 0.909.